The van der Waals surface area contributed by atoms with Gasteiger partial charge in [0.1, 0.15) is 0 Å². The van der Waals surface area contributed by atoms with E-state index < -0.39 is 0 Å². The Balaban J connectivity index is 0.00000192. The maximum atomic E-state index is 9.63. The Bertz CT molecular complexity index is 691. The third-order valence-corrected chi connectivity index (χ3v) is 4.36. The van der Waals surface area contributed by atoms with Gasteiger partial charge in [0.15, 0.2) is 11.5 Å². The molecular formula is C18H24ClNO3. The zero-order chi connectivity index (χ0) is 15.7. The average molecular weight is 338 g/mol. The van der Waals surface area contributed by atoms with Gasteiger partial charge in [-0.2, -0.15) is 0 Å². The van der Waals surface area contributed by atoms with Gasteiger partial charge in [-0.1, -0.05) is 18.2 Å². The van der Waals surface area contributed by atoms with Crippen molar-refractivity contribution in [1.82, 2.24) is 5.32 Å². The molecule has 0 aliphatic carbocycles. The number of halogens is 1. The molecule has 3 rings (SSSR count). The number of benzene rings is 2. The second-order valence-electron chi connectivity index (χ2n) is 6.53. The van der Waals surface area contributed by atoms with Crippen molar-refractivity contribution in [3.8, 4) is 11.5 Å². The zero-order valence-electron chi connectivity index (χ0n) is 13.5. The summed E-state index contributed by atoms with van der Waals surface area (Å²) in [6.45, 7) is 6.03. The molecule has 2 aromatic rings. The van der Waals surface area contributed by atoms with Crippen molar-refractivity contribution >= 4 is 23.2 Å². The summed E-state index contributed by atoms with van der Waals surface area (Å²) in [5, 5.41) is 24.5. The van der Waals surface area contributed by atoms with E-state index in [1.54, 1.807) is 12.1 Å². The lowest BCUT2D eigenvalue weighted by atomic mass is 9.94. The molecule has 0 saturated carbocycles. The van der Waals surface area contributed by atoms with Crippen molar-refractivity contribution in [2.24, 2.45) is 0 Å². The highest BCUT2D eigenvalue weighted by Crippen LogP contribution is 2.31. The van der Waals surface area contributed by atoms with E-state index in [9.17, 15) is 10.2 Å². The molecular weight excluding hydrogens is 314 g/mol. The number of phenolic OH excluding ortho intramolecular Hbond substituents is 2. The molecule has 2 unspecified atom stereocenters. The number of hydrogen-bond acceptors (Lipinski definition) is 4. The lowest BCUT2D eigenvalue weighted by Gasteiger charge is -2.38. The number of morpholine rings is 1. The van der Waals surface area contributed by atoms with Gasteiger partial charge in [-0.25, -0.2) is 0 Å². The van der Waals surface area contributed by atoms with Crippen molar-refractivity contribution in [3.63, 3.8) is 0 Å². The number of hydrogen-bond donors (Lipinski definition) is 3. The molecule has 4 nitrogen and oxygen atoms in total. The van der Waals surface area contributed by atoms with Gasteiger partial charge < -0.3 is 20.3 Å². The zero-order valence-corrected chi connectivity index (χ0v) is 14.3. The quantitative estimate of drug-likeness (QED) is 0.751. The lowest BCUT2D eigenvalue weighted by Crippen LogP contribution is -2.51. The van der Waals surface area contributed by atoms with Gasteiger partial charge in [0.2, 0.25) is 0 Å². The fraction of sp³-hybridized carbons (Fsp3) is 0.444. The lowest BCUT2D eigenvalue weighted by molar-refractivity contribution is -0.101. The summed E-state index contributed by atoms with van der Waals surface area (Å²) < 4.78 is 6.08. The fourth-order valence-corrected chi connectivity index (χ4v) is 3.14. The first kappa shape index (κ1) is 17.9. The maximum Gasteiger partial charge on any atom is 0.158 e. The molecule has 1 aliphatic rings. The molecule has 126 valence electrons. The molecule has 0 radical (unpaired) electrons. The monoisotopic (exact) mass is 337 g/mol. The summed E-state index contributed by atoms with van der Waals surface area (Å²) in [4.78, 5) is 0. The fourth-order valence-electron chi connectivity index (χ4n) is 3.14. The van der Waals surface area contributed by atoms with Gasteiger partial charge in [0.25, 0.3) is 0 Å². The smallest absolute Gasteiger partial charge is 0.158 e. The summed E-state index contributed by atoms with van der Waals surface area (Å²) in [5.74, 6) is -0.159. The molecule has 1 heterocycles. The normalized spacial score (nSPS) is 24.3. The van der Waals surface area contributed by atoms with Gasteiger partial charge in [0, 0.05) is 13.1 Å². The molecule has 1 fully saturated rings. The van der Waals surface area contributed by atoms with Gasteiger partial charge in [0.05, 0.1) is 11.7 Å². The molecule has 2 aromatic carbocycles. The van der Waals surface area contributed by atoms with Crippen molar-refractivity contribution in [3.05, 3.63) is 35.9 Å². The number of phenols is 2. The Labute approximate surface area is 142 Å². The van der Waals surface area contributed by atoms with E-state index in [0.717, 1.165) is 36.7 Å². The number of aromatic hydroxyl groups is 2. The minimum atomic E-state index is -0.135. The summed E-state index contributed by atoms with van der Waals surface area (Å²) >= 11 is 0. The van der Waals surface area contributed by atoms with Crippen molar-refractivity contribution < 1.29 is 14.9 Å². The highest BCUT2D eigenvalue weighted by Gasteiger charge is 2.30. The molecule has 23 heavy (non-hydrogen) atoms. The van der Waals surface area contributed by atoms with Crippen LogP contribution in [0.3, 0.4) is 0 Å². The third-order valence-electron chi connectivity index (χ3n) is 4.36. The molecule has 0 spiro atoms. The topological polar surface area (TPSA) is 61.7 Å². The summed E-state index contributed by atoms with van der Waals surface area (Å²) in [7, 11) is 0. The first-order valence-electron chi connectivity index (χ1n) is 7.78. The van der Waals surface area contributed by atoms with Gasteiger partial charge in [-0.05, 0) is 55.2 Å². The van der Waals surface area contributed by atoms with Crippen molar-refractivity contribution in [2.45, 2.75) is 38.4 Å². The molecule has 0 aromatic heterocycles. The predicted molar refractivity (Wildman–Crippen MR) is 94.7 cm³/mol. The van der Waals surface area contributed by atoms with Crippen LogP contribution in [-0.2, 0) is 11.2 Å². The van der Waals surface area contributed by atoms with E-state index in [2.05, 4.69) is 31.3 Å². The van der Waals surface area contributed by atoms with Gasteiger partial charge >= 0.3 is 0 Å². The average Bonchev–Trinajstić information content (AvgIpc) is 2.46. The Morgan fingerprint density at radius 2 is 1.87 bits per heavy atom. The van der Waals surface area contributed by atoms with Crippen LogP contribution < -0.4 is 5.32 Å². The van der Waals surface area contributed by atoms with E-state index in [1.807, 2.05) is 6.07 Å². The van der Waals surface area contributed by atoms with E-state index in [4.69, 9.17) is 4.74 Å². The second kappa shape index (κ2) is 6.95. The van der Waals surface area contributed by atoms with E-state index in [0.29, 0.717) is 0 Å². The summed E-state index contributed by atoms with van der Waals surface area (Å²) in [5.41, 5.74) is 1.07. The third kappa shape index (κ3) is 4.08. The second-order valence-corrected chi connectivity index (χ2v) is 6.53. The minimum Gasteiger partial charge on any atom is -0.504 e. The molecule has 2 atom stereocenters. The van der Waals surface area contributed by atoms with E-state index >= 15 is 0 Å². The Morgan fingerprint density at radius 1 is 1.17 bits per heavy atom. The van der Waals surface area contributed by atoms with Crippen LogP contribution >= 0.6 is 12.4 Å². The Kier molecular flexibility index (Phi) is 5.40. The SMILES string of the molecule is CC1CNCC(C)(CCc2ccc3cc(O)c(O)cc3c2)O1.Cl. The van der Waals surface area contributed by atoms with Gasteiger partial charge in [-0.15, -0.1) is 12.4 Å². The molecule has 0 amide bonds. The summed E-state index contributed by atoms with van der Waals surface area (Å²) in [6, 6.07) is 9.32. The number of rotatable bonds is 3. The highest BCUT2D eigenvalue weighted by molar-refractivity contribution is 5.86. The highest BCUT2D eigenvalue weighted by atomic mass is 35.5. The van der Waals surface area contributed by atoms with E-state index in [1.165, 1.54) is 5.56 Å². The van der Waals surface area contributed by atoms with Crippen LogP contribution in [0.15, 0.2) is 30.3 Å². The number of nitrogens with one attached hydrogen (secondary N) is 1. The number of fused-ring (bicyclic) bond motifs is 1. The van der Waals surface area contributed by atoms with Crippen molar-refractivity contribution in [2.75, 3.05) is 13.1 Å². The van der Waals surface area contributed by atoms with Crippen LogP contribution in [-0.4, -0.2) is 35.0 Å². The van der Waals surface area contributed by atoms with Crippen LogP contribution in [0.25, 0.3) is 10.8 Å². The molecule has 1 aliphatic heterocycles. The maximum absolute atomic E-state index is 9.63. The van der Waals surface area contributed by atoms with Crippen LogP contribution in [0, 0.1) is 0 Å². The number of ether oxygens (including phenoxy) is 1. The van der Waals surface area contributed by atoms with Crippen LogP contribution in [0.4, 0.5) is 0 Å². The molecule has 3 N–H and O–H groups in total. The van der Waals surface area contributed by atoms with Crippen LogP contribution in [0.5, 0.6) is 11.5 Å². The summed E-state index contributed by atoms with van der Waals surface area (Å²) in [6.07, 6.45) is 2.11. The van der Waals surface area contributed by atoms with Gasteiger partial charge in [-0.3, -0.25) is 0 Å². The first-order chi connectivity index (χ1) is 10.5. The van der Waals surface area contributed by atoms with Crippen LogP contribution in [0.2, 0.25) is 0 Å². The standard InChI is InChI=1S/C18H23NO3.ClH/c1-12-10-19-11-18(2,22-12)6-5-13-3-4-14-8-16(20)17(21)9-15(14)7-13;/h3-4,7-9,12,19-21H,5-6,10-11H2,1-2H3;1H. The molecule has 5 heteroatoms. The van der Waals surface area contributed by atoms with Crippen LogP contribution in [0.1, 0.15) is 25.8 Å². The Hall–Kier alpha value is -1.49. The number of aryl methyl sites for hydroxylation is 1. The molecule has 0 bridgehead atoms. The molecule has 1 saturated heterocycles. The first-order valence-corrected chi connectivity index (χ1v) is 7.78. The largest absolute Gasteiger partial charge is 0.504 e. The predicted octanol–water partition coefficient (Wildman–Crippen LogP) is 3.37. The Morgan fingerprint density at radius 3 is 2.57 bits per heavy atom. The van der Waals surface area contributed by atoms with E-state index in [-0.39, 0.29) is 35.6 Å². The van der Waals surface area contributed by atoms with Crippen molar-refractivity contribution in [1.29, 1.82) is 0 Å². The minimum absolute atomic E-state index is 0.